The Labute approximate surface area is 143 Å². The molecule has 2 aliphatic rings. The second-order valence-electron chi connectivity index (χ2n) is 6.65. The average Bonchev–Trinajstić information content (AvgIpc) is 3.07. The normalized spacial score (nSPS) is 27.2. The fourth-order valence-corrected chi connectivity index (χ4v) is 3.81. The van der Waals surface area contributed by atoms with E-state index in [9.17, 15) is 9.90 Å². The SMILES string of the molecule is CCOc1ccc(CC(=O)N2CCC[C@@H]2[C@@H]2COCC[C@@H]2O)cc1. The van der Waals surface area contributed by atoms with E-state index in [2.05, 4.69) is 0 Å². The van der Waals surface area contributed by atoms with E-state index in [1.54, 1.807) is 0 Å². The molecule has 5 nitrogen and oxygen atoms in total. The van der Waals surface area contributed by atoms with Gasteiger partial charge in [-0.25, -0.2) is 0 Å². The van der Waals surface area contributed by atoms with Gasteiger partial charge in [0.25, 0.3) is 0 Å². The zero-order valence-corrected chi connectivity index (χ0v) is 14.3. The summed E-state index contributed by atoms with van der Waals surface area (Å²) in [6, 6.07) is 7.83. The lowest BCUT2D eigenvalue weighted by Crippen LogP contribution is -2.48. The first-order chi connectivity index (χ1) is 11.7. The molecule has 1 N–H and O–H groups in total. The molecule has 0 bridgehead atoms. The van der Waals surface area contributed by atoms with Crippen LogP contribution in [0.1, 0.15) is 31.7 Å². The molecule has 0 unspecified atom stereocenters. The third-order valence-electron chi connectivity index (χ3n) is 5.07. The van der Waals surface area contributed by atoms with Crippen molar-refractivity contribution in [1.29, 1.82) is 0 Å². The van der Waals surface area contributed by atoms with E-state index in [0.29, 0.717) is 32.7 Å². The molecule has 1 aromatic carbocycles. The number of carbonyl (C=O) groups is 1. The van der Waals surface area contributed by atoms with Crippen molar-refractivity contribution in [2.24, 2.45) is 5.92 Å². The van der Waals surface area contributed by atoms with Crippen LogP contribution in [0.2, 0.25) is 0 Å². The average molecular weight is 333 g/mol. The van der Waals surface area contributed by atoms with Crippen LogP contribution in [0.15, 0.2) is 24.3 Å². The minimum Gasteiger partial charge on any atom is -0.494 e. The van der Waals surface area contributed by atoms with Gasteiger partial charge in [-0.2, -0.15) is 0 Å². The van der Waals surface area contributed by atoms with Crippen molar-refractivity contribution < 1.29 is 19.4 Å². The molecule has 5 heteroatoms. The topological polar surface area (TPSA) is 59.0 Å². The molecule has 0 spiro atoms. The molecule has 24 heavy (non-hydrogen) atoms. The zero-order valence-electron chi connectivity index (χ0n) is 14.3. The zero-order chi connectivity index (χ0) is 16.9. The van der Waals surface area contributed by atoms with Crippen LogP contribution in [0.4, 0.5) is 0 Å². The summed E-state index contributed by atoms with van der Waals surface area (Å²) < 4.78 is 11.0. The molecule has 2 heterocycles. The number of rotatable bonds is 5. The van der Waals surface area contributed by atoms with Gasteiger partial charge in [-0.1, -0.05) is 12.1 Å². The maximum Gasteiger partial charge on any atom is 0.227 e. The fraction of sp³-hybridized carbons (Fsp3) is 0.632. The van der Waals surface area contributed by atoms with Crippen LogP contribution < -0.4 is 4.74 Å². The molecule has 1 aromatic rings. The standard InChI is InChI=1S/C19H27NO4/c1-2-24-15-7-5-14(6-8-15)12-19(22)20-10-3-4-17(20)16-13-23-11-9-18(16)21/h5-8,16-18,21H,2-4,9-13H2,1H3/t16-,17+,18-/m0/s1. The van der Waals surface area contributed by atoms with Crippen LogP contribution in [0.3, 0.4) is 0 Å². The molecule has 0 aliphatic carbocycles. The monoisotopic (exact) mass is 333 g/mol. The first kappa shape index (κ1) is 17.2. The molecule has 0 radical (unpaired) electrons. The highest BCUT2D eigenvalue weighted by Gasteiger charge is 2.39. The van der Waals surface area contributed by atoms with E-state index < -0.39 is 0 Å². The minimum absolute atomic E-state index is 0.0468. The van der Waals surface area contributed by atoms with Crippen molar-refractivity contribution in [1.82, 2.24) is 4.90 Å². The predicted molar refractivity (Wildman–Crippen MR) is 91.0 cm³/mol. The van der Waals surface area contributed by atoms with E-state index >= 15 is 0 Å². The van der Waals surface area contributed by atoms with E-state index in [1.165, 1.54) is 0 Å². The predicted octanol–water partition coefficient (Wildman–Crippen LogP) is 2.02. The van der Waals surface area contributed by atoms with E-state index in [4.69, 9.17) is 9.47 Å². The number of benzene rings is 1. The van der Waals surface area contributed by atoms with Gasteiger partial charge in [-0.05, 0) is 43.9 Å². The number of ether oxygens (including phenoxy) is 2. The maximum absolute atomic E-state index is 12.8. The molecule has 2 aliphatic heterocycles. The summed E-state index contributed by atoms with van der Waals surface area (Å²) in [6.07, 6.45) is 2.67. The largest absolute Gasteiger partial charge is 0.494 e. The Morgan fingerprint density at radius 1 is 1.33 bits per heavy atom. The van der Waals surface area contributed by atoms with Crippen LogP contribution in [-0.4, -0.2) is 54.4 Å². The maximum atomic E-state index is 12.8. The highest BCUT2D eigenvalue weighted by molar-refractivity contribution is 5.79. The Morgan fingerprint density at radius 3 is 2.83 bits per heavy atom. The molecular weight excluding hydrogens is 306 g/mol. The van der Waals surface area contributed by atoms with Gasteiger partial charge in [-0.15, -0.1) is 0 Å². The second-order valence-corrected chi connectivity index (χ2v) is 6.65. The summed E-state index contributed by atoms with van der Waals surface area (Å²) >= 11 is 0. The van der Waals surface area contributed by atoms with Gasteiger partial charge in [0, 0.05) is 25.1 Å². The summed E-state index contributed by atoms with van der Waals surface area (Å²) in [5.41, 5.74) is 0.995. The van der Waals surface area contributed by atoms with Crippen molar-refractivity contribution in [3.63, 3.8) is 0 Å². The van der Waals surface area contributed by atoms with Crippen LogP contribution in [0.5, 0.6) is 5.75 Å². The molecule has 2 saturated heterocycles. The lowest BCUT2D eigenvalue weighted by atomic mass is 9.89. The van der Waals surface area contributed by atoms with Gasteiger partial charge < -0.3 is 19.5 Å². The van der Waals surface area contributed by atoms with Gasteiger partial charge in [0.15, 0.2) is 0 Å². The fourth-order valence-electron chi connectivity index (χ4n) is 3.81. The molecule has 0 saturated carbocycles. The summed E-state index contributed by atoms with van der Waals surface area (Å²) in [5, 5.41) is 10.3. The van der Waals surface area contributed by atoms with Crippen LogP contribution in [-0.2, 0) is 16.0 Å². The summed E-state index contributed by atoms with van der Waals surface area (Å²) in [5.74, 6) is 1.01. The van der Waals surface area contributed by atoms with Crippen molar-refractivity contribution in [2.75, 3.05) is 26.4 Å². The van der Waals surface area contributed by atoms with E-state index in [-0.39, 0.29) is 24.0 Å². The summed E-state index contributed by atoms with van der Waals surface area (Å²) in [4.78, 5) is 14.7. The number of likely N-dealkylation sites (tertiary alicyclic amines) is 1. The highest BCUT2D eigenvalue weighted by Crippen LogP contribution is 2.30. The Kier molecular flexibility index (Phi) is 5.74. The van der Waals surface area contributed by atoms with Crippen LogP contribution in [0, 0.1) is 5.92 Å². The number of nitrogens with zero attached hydrogens (tertiary/aromatic N) is 1. The van der Waals surface area contributed by atoms with Gasteiger partial charge in [-0.3, -0.25) is 4.79 Å². The Hall–Kier alpha value is -1.59. The number of carbonyl (C=O) groups excluding carboxylic acids is 1. The molecule has 2 fully saturated rings. The quantitative estimate of drug-likeness (QED) is 0.895. The lowest BCUT2D eigenvalue weighted by Gasteiger charge is -2.37. The third-order valence-corrected chi connectivity index (χ3v) is 5.07. The first-order valence-corrected chi connectivity index (χ1v) is 8.96. The second kappa shape index (κ2) is 7.99. The van der Waals surface area contributed by atoms with Gasteiger partial charge in [0.05, 0.1) is 25.7 Å². The molecule has 3 rings (SSSR count). The molecule has 132 valence electrons. The van der Waals surface area contributed by atoms with Gasteiger partial charge in [0.2, 0.25) is 5.91 Å². The van der Waals surface area contributed by atoms with Crippen LogP contribution >= 0.6 is 0 Å². The number of amides is 1. The number of hydrogen-bond acceptors (Lipinski definition) is 4. The van der Waals surface area contributed by atoms with Gasteiger partial charge in [0.1, 0.15) is 5.75 Å². The smallest absolute Gasteiger partial charge is 0.227 e. The minimum atomic E-state index is -0.359. The highest BCUT2D eigenvalue weighted by atomic mass is 16.5. The molecule has 1 amide bonds. The van der Waals surface area contributed by atoms with Crippen LogP contribution in [0.25, 0.3) is 0 Å². The van der Waals surface area contributed by atoms with Crippen molar-refractivity contribution >= 4 is 5.91 Å². The lowest BCUT2D eigenvalue weighted by molar-refractivity contribution is -0.135. The van der Waals surface area contributed by atoms with E-state index in [1.807, 2.05) is 36.1 Å². The third kappa shape index (κ3) is 3.90. The number of aliphatic hydroxyl groups is 1. The Morgan fingerprint density at radius 2 is 2.12 bits per heavy atom. The molecule has 0 aromatic heterocycles. The van der Waals surface area contributed by atoms with Crippen molar-refractivity contribution in [3.05, 3.63) is 29.8 Å². The summed E-state index contributed by atoms with van der Waals surface area (Å²) in [7, 11) is 0. The van der Waals surface area contributed by atoms with Crippen molar-refractivity contribution in [3.8, 4) is 5.75 Å². The number of aliphatic hydroxyl groups excluding tert-OH is 1. The summed E-state index contributed by atoms with van der Waals surface area (Å²) in [6.45, 7) is 4.54. The number of hydrogen-bond donors (Lipinski definition) is 1. The first-order valence-electron chi connectivity index (χ1n) is 8.96. The van der Waals surface area contributed by atoms with Crippen molar-refractivity contribution in [2.45, 2.75) is 44.8 Å². The van der Waals surface area contributed by atoms with Gasteiger partial charge >= 0.3 is 0 Å². The Balaban J connectivity index is 1.62. The van der Waals surface area contributed by atoms with E-state index in [0.717, 1.165) is 30.7 Å². The molecule has 3 atom stereocenters. The Bertz CT molecular complexity index is 545. The molecular formula is C19H27NO4.